The van der Waals surface area contributed by atoms with E-state index in [2.05, 4.69) is 17.5 Å². The molecule has 0 amide bonds. The number of nitrogens with one attached hydrogen (secondary N) is 1. The van der Waals surface area contributed by atoms with Crippen LogP contribution in [0.15, 0.2) is 12.2 Å². The average molecular weight is 238 g/mol. The molecule has 0 aromatic heterocycles. The second-order valence-corrected chi connectivity index (χ2v) is 6.41. The van der Waals surface area contributed by atoms with Crippen molar-refractivity contribution in [2.45, 2.75) is 25.4 Å². The summed E-state index contributed by atoms with van der Waals surface area (Å²) in [5.41, 5.74) is -0.628. The van der Waals surface area contributed by atoms with Crippen LogP contribution in [0.2, 0.25) is 0 Å². The van der Waals surface area contributed by atoms with Crippen LogP contribution in [-0.2, 0) is 0 Å². The van der Waals surface area contributed by atoms with Crippen LogP contribution in [0.25, 0.3) is 0 Å². The van der Waals surface area contributed by atoms with Crippen molar-refractivity contribution in [3.63, 3.8) is 0 Å². The topological polar surface area (TPSA) is 35.5 Å². The molecule has 0 aromatic carbocycles. The molecule has 0 radical (unpaired) electrons. The molecule has 98 valence electrons. The van der Waals surface area contributed by atoms with Crippen LogP contribution in [0.3, 0.4) is 0 Å². The highest BCUT2D eigenvalue weighted by Crippen LogP contribution is 2.42. The van der Waals surface area contributed by atoms with Crippen molar-refractivity contribution in [3.05, 3.63) is 12.2 Å². The van der Waals surface area contributed by atoms with E-state index in [9.17, 15) is 5.11 Å². The molecule has 0 spiro atoms. The number of likely N-dealkylation sites (N-methyl/N-ethyl adjacent to an activating group) is 1. The van der Waals surface area contributed by atoms with E-state index in [1.807, 2.05) is 25.9 Å². The zero-order chi connectivity index (χ0) is 12.5. The van der Waals surface area contributed by atoms with Crippen molar-refractivity contribution < 1.29 is 5.11 Å². The van der Waals surface area contributed by atoms with Gasteiger partial charge >= 0.3 is 0 Å². The Morgan fingerprint density at radius 1 is 1.35 bits per heavy atom. The van der Waals surface area contributed by atoms with E-state index in [1.54, 1.807) is 0 Å². The SMILES string of the molecule is CN(C)CC(C)(O)CNCC1CC2C=CC1C2. The minimum Gasteiger partial charge on any atom is -0.388 e. The highest BCUT2D eigenvalue weighted by molar-refractivity contribution is 5.10. The van der Waals surface area contributed by atoms with Gasteiger partial charge in [0.2, 0.25) is 0 Å². The maximum absolute atomic E-state index is 10.2. The zero-order valence-electron chi connectivity index (χ0n) is 11.3. The highest BCUT2D eigenvalue weighted by Gasteiger charge is 2.35. The van der Waals surface area contributed by atoms with Gasteiger partial charge in [-0.15, -0.1) is 0 Å². The Morgan fingerprint density at radius 2 is 2.12 bits per heavy atom. The number of nitrogens with zero attached hydrogens (tertiary/aromatic N) is 1. The van der Waals surface area contributed by atoms with Gasteiger partial charge in [-0.3, -0.25) is 0 Å². The number of hydrogen-bond acceptors (Lipinski definition) is 3. The van der Waals surface area contributed by atoms with E-state index in [4.69, 9.17) is 0 Å². The molecular weight excluding hydrogens is 212 g/mol. The molecule has 2 N–H and O–H groups in total. The normalized spacial score (nSPS) is 34.5. The van der Waals surface area contributed by atoms with Crippen molar-refractivity contribution in [1.82, 2.24) is 10.2 Å². The van der Waals surface area contributed by atoms with E-state index >= 15 is 0 Å². The van der Waals surface area contributed by atoms with E-state index in [0.717, 1.165) is 24.3 Å². The summed E-state index contributed by atoms with van der Waals surface area (Å²) in [6, 6.07) is 0. The van der Waals surface area contributed by atoms with Crippen LogP contribution in [0.4, 0.5) is 0 Å². The summed E-state index contributed by atoms with van der Waals surface area (Å²) < 4.78 is 0. The monoisotopic (exact) mass is 238 g/mol. The van der Waals surface area contributed by atoms with Crippen molar-refractivity contribution in [2.75, 3.05) is 33.7 Å². The second-order valence-electron chi connectivity index (χ2n) is 6.41. The third-order valence-corrected chi connectivity index (χ3v) is 3.99. The molecule has 1 saturated carbocycles. The predicted molar refractivity (Wildman–Crippen MR) is 70.9 cm³/mol. The van der Waals surface area contributed by atoms with Crippen LogP contribution in [-0.4, -0.2) is 49.3 Å². The first-order valence-electron chi connectivity index (χ1n) is 6.72. The summed E-state index contributed by atoms with van der Waals surface area (Å²) in [5.74, 6) is 2.43. The van der Waals surface area contributed by atoms with Gasteiger partial charge < -0.3 is 15.3 Å². The number of aliphatic hydroxyl groups is 1. The van der Waals surface area contributed by atoms with Crippen molar-refractivity contribution >= 4 is 0 Å². The predicted octanol–water partition coefficient (Wildman–Crippen LogP) is 1.10. The van der Waals surface area contributed by atoms with Crippen molar-refractivity contribution in [3.8, 4) is 0 Å². The lowest BCUT2D eigenvalue weighted by molar-refractivity contribution is 0.0329. The molecule has 2 aliphatic rings. The molecule has 3 nitrogen and oxygen atoms in total. The lowest BCUT2D eigenvalue weighted by Gasteiger charge is -2.28. The van der Waals surface area contributed by atoms with E-state index in [1.165, 1.54) is 12.8 Å². The lowest BCUT2D eigenvalue weighted by Crippen LogP contribution is -2.46. The molecule has 1 fully saturated rings. The van der Waals surface area contributed by atoms with Gasteiger partial charge in [0.05, 0.1) is 5.60 Å². The molecular formula is C14H26N2O. The van der Waals surface area contributed by atoms with Crippen LogP contribution < -0.4 is 5.32 Å². The largest absolute Gasteiger partial charge is 0.388 e. The lowest BCUT2D eigenvalue weighted by atomic mass is 9.93. The van der Waals surface area contributed by atoms with Gasteiger partial charge in [0.25, 0.3) is 0 Å². The molecule has 0 heterocycles. The molecule has 2 bridgehead atoms. The molecule has 0 aliphatic heterocycles. The van der Waals surface area contributed by atoms with Crippen LogP contribution in [0.5, 0.6) is 0 Å². The fourth-order valence-electron chi connectivity index (χ4n) is 3.39. The summed E-state index contributed by atoms with van der Waals surface area (Å²) in [6.45, 7) is 4.34. The molecule has 4 unspecified atom stereocenters. The summed E-state index contributed by atoms with van der Waals surface area (Å²) in [5, 5.41) is 13.6. The van der Waals surface area contributed by atoms with Gasteiger partial charge in [0, 0.05) is 13.1 Å². The molecule has 0 saturated heterocycles. The van der Waals surface area contributed by atoms with Crippen molar-refractivity contribution in [1.29, 1.82) is 0 Å². The third kappa shape index (κ3) is 3.54. The van der Waals surface area contributed by atoms with Gasteiger partial charge in [-0.1, -0.05) is 12.2 Å². The summed E-state index contributed by atoms with van der Waals surface area (Å²) in [7, 11) is 3.99. The first-order valence-corrected chi connectivity index (χ1v) is 6.72. The number of fused-ring (bicyclic) bond motifs is 2. The van der Waals surface area contributed by atoms with Crippen LogP contribution in [0.1, 0.15) is 19.8 Å². The Balaban J connectivity index is 1.67. The van der Waals surface area contributed by atoms with Crippen LogP contribution in [0, 0.1) is 17.8 Å². The molecule has 2 rings (SSSR count). The van der Waals surface area contributed by atoms with Gasteiger partial charge in [-0.05, 0) is 58.2 Å². The third-order valence-electron chi connectivity index (χ3n) is 3.99. The number of hydrogen-bond donors (Lipinski definition) is 2. The Labute approximate surface area is 105 Å². The Kier molecular flexibility index (Phi) is 3.91. The minimum atomic E-state index is -0.628. The van der Waals surface area contributed by atoms with Crippen molar-refractivity contribution in [2.24, 2.45) is 17.8 Å². The Bertz CT molecular complexity index is 286. The number of rotatable bonds is 6. The fraction of sp³-hybridized carbons (Fsp3) is 0.857. The molecule has 3 heteroatoms. The maximum atomic E-state index is 10.2. The molecule has 2 aliphatic carbocycles. The standard InChI is InChI=1S/C14H26N2O/c1-14(17,10-16(2)3)9-15-8-13-7-11-4-5-12(13)6-11/h4-5,11-13,15,17H,6-10H2,1-3H3. The van der Waals surface area contributed by atoms with Gasteiger partial charge in [-0.25, -0.2) is 0 Å². The first kappa shape index (κ1) is 13.1. The summed E-state index contributed by atoms with van der Waals surface area (Å²) >= 11 is 0. The zero-order valence-corrected chi connectivity index (χ0v) is 11.3. The summed E-state index contributed by atoms with van der Waals surface area (Å²) in [4.78, 5) is 2.03. The minimum absolute atomic E-state index is 0.628. The van der Waals surface area contributed by atoms with E-state index in [-0.39, 0.29) is 0 Å². The van der Waals surface area contributed by atoms with Gasteiger partial charge in [0.1, 0.15) is 0 Å². The maximum Gasteiger partial charge on any atom is 0.0869 e. The highest BCUT2D eigenvalue weighted by atomic mass is 16.3. The Morgan fingerprint density at radius 3 is 2.65 bits per heavy atom. The molecule has 17 heavy (non-hydrogen) atoms. The molecule has 4 atom stereocenters. The smallest absolute Gasteiger partial charge is 0.0869 e. The Hall–Kier alpha value is -0.380. The van der Waals surface area contributed by atoms with Crippen LogP contribution >= 0.6 is 0 Å². The second kappa shape index (κ2) is 5.09. The number of allylic oxidation sites excluding steroid dienone is 2. The fourth-order valence-corrected chi connectivity index (χ4v) is 3.39. The first-order chi connectivity index (χ1) is 7.96. The van der Waals surface area contributed by atoms with Gasteiger partial charge in [0.15, 0.2) is 0 Å². The quantitative estimate of drug-likeness (QED) is 0.680. The average Bonchev–Trinajstić information content (AvgIpc) is 2.76. The molecule has 0 aromatic rings. The van der Waals surface area contributed by atoms with E-state index < -0.39 is 5.60 Å². The van der Waals surface area contributed by atoms with E-state index in [0.29, 0.717) is 13.1 Å². The summed E-state index contributed by atoms with van der Waals surface area (Å²) in [6.07, 6.45) is 7.46. The van der Waals surface area contributed by atoms with Gasteiger partial charge in [-0.2, -0.15) is 0 Å².